The van der Waals surface area contributed by atoms with Gasteiger partial charge in [-0.1, -0.05) is 24.3 Å². The van der Waals surface area contributed by atoms with Crippen molar-refractivity contribution in [3.63, 3.8) is 0 Å². The first-order chi connectivity index (χ1) is 12.6. The molecule has 7 heteroatoms. The van der Waals surface area contributed by atoms with Gasteiger partial charge in [0.2, 0.25) is 0 Å². The molecule has 1 aromatic carbocycles. The zero-order valence-electron chi connectivity index (χ0n) is 16.6. The topological polar surface area (TPSA) is 58.5 Å². The zero-order valence-corrected chi connectivity index (χ0v) is 19.8. The molecule has 1 heterocycles. The van der Waals surface area contributed by atoms with Crippen LogP contribution in [-0.4, -0.2) is 30.1 Å². The molecule has 1 aromatic heterocycles. The number of guanidine groups is 1. The molecule has 27 heavy (non-hydrogen) atoms. The van der Waals surface area contributed by atoms with Crippen LogP contribution in [0.2, 0.25) is 0 Å². The van der Waals surface area contributed by atoms with Crippen molar-refractivity contribution >= 4 is 41.3 Å². The van der Waals surface area contributed by atoms with Crippen LogP contribution < -0.4 is 10.6 Å². The van der Waals surface area contributed by atoms with Crippen molar-refractivity contribution in [2.45, 2.75) is 53.4 Å². The number of aliphatic imine (C=N–C) groups is 1. The second-order valence-corrected chi connectivity index (χ2v) is 7.74. The van der Waals surface area contributed by atoms with E-state index in [9.17, 15) is 0 Å². The minimum Gasteiger partial charge on any atom is -0.374 e. The fourth-order valence-electron chi connectivity index (χ4n) is 2.40. The predicted octanol–water partition coefficient (Wildman–Crippen LogP) is 4.29. The summed E-state index contributed by atoms with van der Waals surface area (Å²) in [4.78, 5) is 10.3. The number of hydrogen-bond acceptors (Lipinski definition) is 4. The number of rotatable bonds is 9. The molecule has 0 radical (unpaired) electrons. The molecular weight excluding hydrogens is 471 g/mol. The molecule has 2 rings (SSSR count). The molecule has 0 saturated carbocycles. The molecule has 150 valence electrons. The van der Waals surface area contributed by atoms with Gasteiger partial charge in [-0.15, -0.1) is 35.3 Å². The van der Waals surface area contributed by atoms with Crippen molar-refractivity contribution < 1.29 is 4.74 Å². The van der Waals surface area contributed by atoms with Crippen LogP contribution in [0.3, 0.4) is 0 Å². The third kappa shape index (κ3) is 9.53. The Morgan fingerprint density at radius 3 is 2.70 bits per heavy atom. The highest BCUT2D eigenvalue weighted by Gasteiger charge is 2.02. The lowest BCUT2D eigenvalue weighted by Crippen LogP contribution is -2.38. The maximum absolute atomic E-state index is 5.68. The zero-order chi connectivity index (χ0) is 18.8. The van der Waals surface area contributed by atoms with Crippen molar-refractivity contribution in [2.24, 2.45) is 4.99 Å². The highest BCUT2D eigenvalue weighted by Crippen LogP contribution is 2.11. The number of halogens is 1. The van der Waals surface area contributed by atoms with Crippen LogP contribution in [0, 0.1) is 6.92 Å². The van der Waals surface area contributed by atoms with Crippen molar-refractivity contribution in [1.82, 2.24) is 15.6 Å². The van der Waals surface area contributed by atoms with E-state index < -0.39 is 0 Å². The van der Waals surface area contributed by atoms with Crippen LogP contribution in [0.4, 0.5) is 0 Å². The number of thiazole rings is 1. The van der Waals surface area contributed by atoms with Crippen LogP contribution in [0.1, 0.15) is 41.8 Å². The Bertz CT molecular complexity index is 703. The van der Waals surface area contributed by atoms with Crippen LogP contribution in [0.25, 0.3) is 0 Å². The quantitative estimate of drug-likeness (QED) is 0.305. The largest absolute Gasteiger partial charge is 0.374 e. The summed E-state index contributed by atoms with van der Waals surface area (Å²) < 4.78 is 5.68. The maximum Gasteiger partial charge on any atom is 0.191 e. The summed E-state index contributed by atoms with van der Waals surface area (Å²) in [6.45, 7) is 11.2. The normalized spacial score (nSPS) is 11.4. The second-order valence-electron chi connectivity index (χ2n) is 6.42. The Kier molecular flexibility index (Phi) is 11.5. The summed E-state index contributed by atoms with van der Waals surface area (Å²) in [5.74, 6) is 0.838. The van der Waals surface area contributed by atoms with Crippen molar-refractivity contribution in [2.75, 3.05) is 13.1 Å². The first-order valence-corrected chi connectivity index (χ1v) is 10.0. The minimum absolute atomic E-state index is 0. The van der Waals surface area contributed by atoms with Gasteiger partial charge in [0, 0.05) is 30.6 Å². The Hall–Kier alpha value is -1.19. The molecule has 5 nitrogen and oxygen atoms in total. The standard InChI is InChI=1S/C20H30N4OS.HI/c1-5-21-20(22-10-9-19-23-12-16(4)26-19)24-13-17-7-6-8-18(11-17)14-25-15(2)3;/h6-8,11-12,15H,5,9-10,13-14H2,1-4H3,(H2,21,22,24);1H. The fourth-order valence-corrected chi connectivity index (χ4v) is 3.18. The number of benzene rings is 1. The summed E-state index contributed by atoms with van der Waals surface area (Å²) in [6, 6.07) is 8.42. The molecule has 0 spiro atoms. The third-order valence-electron chi connectivity index (χ3n) is 3.64. The van der Waals surface area contributed by atoms with E-state index in [0.29, 0.717) is 13.2 Å². The molecule has 2 aromatic rings. The Morgan fingerprint density at radius 2 is 2.04 bits per heavy atom. The van der Waals surface area contributed by atoms with Crippen LogP contribution in [-0.2, 0) is 24.3 Å². The van der Waals surface area contributed by atoms with Gasteiger partial charge in [-0.05, 0) is 38.8 Å². The first-order valence-electron chi connectivity index (χ1n) is 9.19. The van der Waals surface area contributed by atoms with E-state index in [1.165, 1.54) is 16.0 Å². The molecular formula is C20H31IN4OS. The van der Waals surface area contributed by atoms with Gasteiger partial charge in [0.05, 0.1) is 24.3 Å². The highest BCUT2D eigenvalue weighted by atomic mass is 127. The average Bonchev–Trinajstić information content (AvgIpc) is 3.03. The fraction of sp³-hybridized carbons (Fsp3) is 0.500. The Labute approximate surface area is 184 Å². The van der Waals surface area contributed by atoms with Crippen molar-refractivity contribution in [3.05, 3.63) is 51.5 Å². The van der Waals surface area contributed by atoms with Gasteiger partial charge in [-0.2, -0.15) is 0 Å². The van der Waals surface area contributed by atoms with E-state index in [1.807, 2.05) is 6.20 Å². The third-order valence-corrected chi connectivity index (χ3v) is 4.61. The first kappa shape index (κ1) is 23.8. The minimum atomic E-state index is 0. The van der Waals surface area contributed by atoms with Gasteiger partial charge in [0.15, 0.2) is 5.96 Å². The highest BCUT2D eigenvalue weighted by molar-refractivity contribution is 14.0. The Morgan fingerprint density at radius 1 is 1.26 bits per heavy atom. The molecule has 0 saturated heterocycles. The Balaban J connectivity index is 0.00000364. The molecule has 0 aliphatic rings. The summed E-state index contributed by atoms with van der Waals surface area (Å²) in [5, 5.41) is 7.84. The SMILES string of the molecule is CCNC(=NCc1cccc(COC(C)C)c1)NCCc1ncc(C)s1.I. The van der Waals surface area contributed by atoms with Crippen LogP contribution >= 0.6 is 35.3 Å². The van der Waals surface area contributed by atoms with Crippen molar-refractivity contribution in [1.29, 1.82) is 0 Å². The summed E-state index contributed by atoms with van der Waals surface area (Å²) in [6.07, 6.45) is 3.07. The molecule has 2 N–H and O–H groups in total. The second kappa shape index (κ2) is 13.1. The van der Waals surface area contributed by atoms with E-state index in [1.54, 1.807) is 11.3 Å². The van der Waals surface area contributed by atoms with Gasteiger partial charge in [0.25, 0.3) is 0 Å². The lowest BCUT2D eigenvalue weighted by molar-refractivity contribution is 0.0657. The van der Waals surface area contributed by atoms with Crippen LogP contribution in [0.5, 0.6) is 0 Å². The summed E-state index contributed by atoms with van der Waals surface area (Å²) in [5.41, 5.74) is 2.37. The monoisotopic (exact) mass is 502 g/mol. The molecule has 0 fully saturated rings. The lowest BCUT2D eigenvalue weighted by Gasteiger charge is -2.11. The van der Waals surface area contributed by atoms with Gasteiger partial charge in [-0.3, -0.25) is 0 Å². The van der Waals surface area contributed by atoms with E-state index in [0.717, 1.165) is 30.5 Å². The number of aryl methyl sites for hydroxylation is 1. The number of nitrogens with zero attached hydrogens (tertiary/aromatic N) is 2. The predicted molar refractivity (Wildman–Crippen MR) is 125 cm³/mol. The number of nitrogens with one attached hydrogen (secondary N) is 2. The van der Waals surface area contributed by atoms with Gasteiger partial charge >= 0.3 is 0 Å². The van der Waals surface area contributed by atoms with Crippen LogP contribution in [0.15, 0.2) is 35.5 Å². The molecule has 0 aliphatic heterocycles. The molecule has 0 bridgehead atoms. The van der Waals surface area contributed by atoms with E-state index >= 15 is 0 Å². The molecule has 0 atom stereocenters. The number of aromatic nitrogens is 1. The molecule has 0 unspecified atom stereocenters. The molecule has 0 aliphatic carbocycles. The molecule has 0 amide bonds. The van der Waals surface area contributed by atoms with E-state index in [2.05, 4.69) is 67.6 Å². The van der Waals surface area contributed by atoms with Gasteiger partial charge in [-0.25, -0.2) is 9.98 Å². The summed E-state index contributed by atoms with van der Waals surface area (Å²) in [7, 11) is 0. The van der Waals surface area contributed by atoms with E-state index in [4.69, 9.17) is 9.73 Å². The average molecular weight is 502 g/mol. The van der Waals surface area contributed by atoms with E-state index in [-0.39, 0.29) is 30.1 Å². The summed E-state index contributed by atoms with van der Waals surface area (Å²) >= 11 is 1.75. The van der Waals surface area contributed by atoms with Gasteiger partial charge < -0.3 is 15.4 Å². The van der Waals surface area contributed by atoms with Gasteiger partial charge in [0.1, 0.15) is 0 Å². The number of ether oxygens (including phenoxy) is 1. The lowest BCUT2D eigenvalue weighted by atomic mass is 10.1. The van der Waals surface area contributed by atoms with Crippen molar-refractivity contribution in [3.8, 4) is 0 Å². The maximum atomic E-state index is 5.68. The number of hydrogen-bond donors (Lipinski definition) is 2. The smallest absolute Gasteiger partial charge is 0.191 e.